The van der Waals surface area contributed by atoms with Crippen molar-refractivity contribution < 1.29 is 9.53 Å². The lowest BCUT2D eigenvalue weighted by atomic mass is 10.1. The van der Waals surface area contributed by atoms with Crippen molar-refractivity contribution in [1.29, 1.82) is 5.26 Å². The van der Waals surface area contributed by atoms with Gasteiger partial charge in [-0.3, -0.25) is 4.79 Å². The van der Waals surface area contributed by atoms with Gasteiger partial charge in [0.05, 0.1) is 6.61 Å². The molecule has 0 bridgehead atoms. The van der Waals surface area contributed by atoms with Crippen LogP contribution in [-0.2, 0) is 16.1 Å². The van der Waals surface area contributed by atoms with Crippen LogP contribution in [0.1, 0.15) is 22.5 Å². The van der Waals surface area contributed by atoms with Gasteiger partial charge in [-0.05, 0) is 50.6 Å². The van der Waals surface area contributed by atoms with E-state index in [1.165, 1.54) is 0 Å². The second-order valence-corrected chi connectivity index (χ2v) is 5.96. The molecule has 0 atom stereocenters. The molecule has 0 fully saturated rings. The third-order valence-corrected chi connectivity index (χ3v) is 4.11. The molecular weight excluding hydrogens is 314 g/mol. The number of benzene rings is 1. The Bertz CT molecular complexity index is 824. The van der Waals surface area contributed by atoms with Gasteiger partial charge in [-0.1, -0.05) is 17.7 Å². The molecule has 0 unspecified atom stereocenters. The molecule has 1 N–H and O–H groups in total. The second kappa shape index (κ2) is 8.32. The smallest absolute Gasteiger partial charge is 0.266 e. The fourth-order valence-electron chi connectivity index (χ4n) is 2.64. The number of aryl methyl sites for hydroxylation is 2. The lowest BCUT2D eigenvalue weighted by Gasteiger charge is -2.08. The summed E-state index contributed by atoms with van der Waals surface area (Å²) in [4.78, 5) is 12.4. The van der Waals surface area contributed by atoms with Crippen LogP contribution >= 0.6 is 0 Å². The Morgan fingerprint density at radius 2 is 1.96 bits per heavy atom. The van der Waals surface area contributed by atoms with Crippen molar-refractivity contribution in [3.8, 4) is 6.07 Å². The van der Waals surface area contributed by atoms with Crippen LogP contribution < -0.4 is 5.32 Å². The molecule has 0 spiro atoms. The molecule has 1 amide bonds. The lowest BCUT2D eigenvalue weighted by molar-refractivity contribution is -0.112. The van der Waals surface area contributed by atoms with Crippen molar-refractivity contribution in [2.45, 2.75) is 27.3 Å². The number of amides is 1. The van der Waals surface area contributed by atoms with Gasteiger partial charge in [-0.15, -0.1) is 0 Å². The maximum atomic E-state index is 12.4. The van der Waals surface area contributed by atoms with Crippen molar-refractivity contribution >= 4 is 17.7 Å². The summed E-state index contributed by atoms with van der Waals surface area (Å²) < 4.78 is 7.24. The number of hydrogen-bond donors (Lipinski definition) is 1. The Labute approximate surface area is 148 Å². The number of methoxy groups -OCH3 is 1. The number of nitrogens with one attached hydrogen (secondary N) is 1. The van der Waals surface area contributed by atoms with Crippen molar-refractivity contribution in [3.63, 3.8) is 0 Å². The molecule has 1 aromatic heterocycles. The zero-order chi connectivity index (χ0) is 18.4. The van der Waals surface area contributed by atoms with E-state index in [0.29, 0.717) is 12.3 Å². The Morgan fingerprint density at radius 1 is 1.28 bits per heavy atom. The average molecular weight is 337 g/mol. The van der Waals surface area contributed by atoms with Gasteiger partial charge < -0.3 is 14.6 Å². The van der Waals surface area contributed by atoms with E-state index < -0.39 is 5.91 Å². The first-order chi connectivity index (χ1) is 12.0. The van der Waals surface area contributed by atoms with Crippen LogP contribution in [0.4, 0.5) is 5.69 Å². The standard InChI is InChI=1S/C20H23N3O2/c1-14-5-7-19(8-6-14)22-20(24)18(13-21)12-17-11-15(2)23(16(17)3)9-10-25-4/h5-8,11-12H,9-10H2,1-4H3,(H,22,24)/b18-12+. The molecule has 0 radical (unpaired) electrons. The second-order valence-electron chi connectivity index (χ2n) is 5.96. The minimum Gasteiger partial charge on any atom is -0.383 e. The summed E-state index contributed by atoms with van der Waals surface area (Å²) in [6, 6.07) is 11.4. The molecule has 25 heavy (non-hydrogen) atoms. The van der Waals surface area contributed by atoms with E-state index in [0.717, 1.165) is 29.1 Å². The van der Waals surface area contributed by atoms with E-state index in [1.807, 2.05) is 57.2 Å². The minimum absolute atomic E-state index is 0.0765. The molecule has 5 heteroatoms. The zero-order valence-corrected chi connectivity index (χ0v) is 15.1. The monoisotopic (exact) mass is 337 g/mol. The number of anilines is 1. The van der Waals surface area contributed by atoms with Gasteiger partial charge in [0.15, 0.2) is 0 Å². The fraction of sp³-hybridized carbons (Fsp3) is 0.300. The maximum absolute atomic E-state index is 12.4. The van der Waals surface area contributed by atoms with Crippen LogP contribution in [-0.4, -0.2) is 24.2 Å². The Hall–Kier alpha value is -2.84. The van der Waals surface area contributed by atoms with Crippen LogP contribution in [0.2, 0.25) is 0 Å². The molecule has 2 rings (SSSR count). The van der Waals surface area contributed by atoms with Crippen LogP contribution in [0, 0.1) is 32.1 Å². The number of nitrogens with zero attached hydrogens (tertiary/aromatic N) is 2. The van der Waals surface area contributed by atoms with Crippen LogP contribution in [0.3, 0.4) is 0 Å². The Kier molecular flexibility index (Phi) is 6.15. The summed E-state index contributed by atoms with van der Waals surface area (Å²) >= 11 is 0. The van der Waals surface area contributed by atoms with Gasteiger partial charge in [0.25, 0.3) is 5.91 Å². The quantitative estimate of drug-likeness (QED) is 0.647. The van der Waals surface area contributed by atoms with E-state index in [4.69, 9.17) is 4.74 Å². The van der Waals surface area contributed by atoms with Gasteiger partial charge in [0, 0.05) is 30.7 Å². The number of nitriles is 1. The maximum Gasteiger partial charge on any atom is 0.266 e. The number of aromatic nitrogens is 1. The molecular formula is C20H23N3O2. The highest BCUT2D eigenvalue weighted by Gasteiger charge is 2.13. The average Bonchev–Trinajstić information content (AvgIpc) is 2.86. The molecule has 0 saturated carbocycles. The number of carbonyl (C=O) groups excluding carboxylic acids is 1. The van der Waals surface area contributed by atoms with E-state index in [1.54, 1.807) is 13.2 Å². The highest BCUT2D eigenvalue weighted by molar-refractivity contribution is 6.09. The summed E-state index contributed by atoms with van der Waals surface area (Å²) in [5, 5.41) is 12.1. The van der Waals surface area contributed by atoms with Crippen molar-refractivity contribution in [2.24, 2.45) is 0 Å². The summed E-state index contributed by atoms with van der Waals surface area (Å²) in [6.07, 6.45) is 1.63. The largest absolute Gasteiger partial charge is 0.383 e. The molecule has 2 aromatic rings. The van der Waals surface area contributed by atoms with Crippen molar-refractivity contribution in [3.05, 3.63) is 58.4 Å². The fourth-order valence-corrected chi connectivity index (χ4v) is 2.64. The number of hydrogen-bond acceptors (Lipinski definition) is 3. The number of rotatable bonds is 6. The summed E-state index contributed by atoms with van der Waals surface area (Å²) in [5.41, 5.74) is 4.79. The summed E-state index contributed by atoms with van der Waals surface area (Å²) in [6.45, 7) is 7.29. The normalized spacial score (nSPS) is 11.2. The predicted octanol–water partition coefficient (Wildman–Crippen LogP) is 3.61. The van der Waals surface area contributed by atoms with Crippen molar-refractivity contribution in [1.82, 2.24) is 4.57 Å². The van der Waals surface area contributed by atoms with Gasteiger partial charge in [-0.2, -0.15) is 5.26 Å². The molecule has 5 nitrogen and oxygen atoms in total. The Morgan fingerprint density at radius 3 is 2.56 bits per heavy atom. The minimum atomic E-state index is -0.409. The highest BCUT2D eigenvalue weighted by Crippen LogP contribution is 2.19. The molecule has 1 aromatic carbocycles. The van der Waals surface area contributed by atoms with Gasteiger partial charge in [-0.25, -0.2) is 0 Å². The molecule has 0 aliphatic carbocycles. The summed E-state index contributed by atoms with van der Waals surface area (Å²) in [5.74, 6) is -0.409. The highest BCUT2D eigenvalue weighted by atomic mass is 16.5. The van der Waals surface area contributed by atoms with Crippen molar-refractivity contribution in [2.75, 3.05) is 19.0 Å². The van der Waals surface area contributed by atoms with Gasteiger partial charge >= 0.3 is 0 Å². The molecule has 0 aliphatic heterocycles. The molecule has 0 saturated heterocycles. The molecule has 0 aliphatic rings. The molecule has 130 valence electrons. The third-order valence-electron chi connectivity index (χ3n) is 4.11. The van der Waals surface area contributed by atoms with Crippen LogP contribution in [0.5, 0.6) is 0 Å². The van der Waals surface area contributed by atoms with Crippen LogP contribution in [0.15, 0.2) is 35.9 Å². The topological polar surface area (TPSA) is 67.0 Å². The van der Waals surface area contributed by atoms with Gasteiger partial charge in [0.1, 0.15) is 11.6 Å². The third kappa shape index (κ3) is 4.59. The van der Waals surface area contributed by atoms with E-state index in [-0.39, 0.29) is 5.57 Å². The first kappa shape index (κ1) is 18.5. The first-order valence-corrected chi connectivity index (χ1v) is 8.11. The van der Waals surface area contributed by atoms with E-state index >= 15 is 0 Å². The lowest BCUT2D eigenvalue weighted by Crippen LogP contribution is -2.13. The molecule has 1 heterocycles. The first-order valence-electron chi connectivity index (χ1n) is 8.11. The Balaban J connectivity index is 2.23. The zero-order valence-electron chi connectivity index (χ0n) is 15.1. The predicted molar refractivity (Wildman–Crippen MR) is 99.2 cm³/mol. The number of ether oxygens (including phenoxy) is 1. The SMILES string of the molecule is COCCn1c(C)cc(/C=C(\C#N)C(=O)Nc2ccc(C)cc2)c1C. The van der Waals surface area contributed by atoms with Crippen LogP contribution in [0.25, 0.3) is 6.08 Å². The van der Waals surface area contributed by atoms with E-state index in [9.17, 15) is 10.1 Å². The van der Waals surface area contributed by atoms with Gasteiger partial charge in [0.2, 0.25) is 0 Å². The summed E-state index contributed by atoms with van der Waals surface area (Å²) in [7, 11) is 1.66. The van der Waals surface area contributed by atoms with E-state index in [2.05, 4.69) is 9.88 Å². The number of carbonyl (C=O) groups is 1.